The van der Waals surface area contributed by atoms with E-state index in [0.717, 1.165) is 17.7 Å². The minimum absolute atomic E-state index is 0.0281. The maximum Gasteiger partial charge on any atom is 0.251 e. The van der Waals surface area contributed by atoms with Crippen molar-refractivity contribution in [3.63, 3.8) is 0 Å². The van der Waals surface area contributed by atoms with Crippen LogP contribution in [0, 0.1) is 11.3 Å². The van der Waals surface area contributed by atoms with Gasteiger partial charge in [0.15, 0.2) is 0 Å². The predicted octanol–water partition coefficient (Wildman–Crippen LogP) is 3.48. The van der Waals surface area contributed by atoms with Crippen LogP contribution in [0.15, 0.2) is 24.3 Å². The molecule has 0 aliphatic heterocycles. The highest BCUT2D eigenvalue weighted by Gasteiger charge is 2.34. The van der Waals surface area contributed by atoms with Crippen molar-refractivity contribution >= 4 is 5.91 Å². The number of rotatable bonds is 6. The normalized spacial score (nSPS) is 17.1. The maximum absolute atomic E-state index is 12.3. The zero-order valence-electron chi connectivity index (χ0n) is 13.3. The van der Waals surface area contributed by atoms with Crippen molar-refractivity contribution in [2.45, 2.75) is 52.5 Å². The number of benzene rings is 1. The van der Waals surface area contributed by atoms with Crippen LogP contribution in [0.3, 0.4) is 0 Å². The molecule has 1 fully saturated rings. The van der Waals surface area contributed by atoms with E-state index < -0.39 is 0 Å². The predicted molar refractivity (Wildman–Crippen MR) is 87.0 cm³/mol. The molecule has 0 spiro atoms. The summed E-state index contributed by atoms with van der Waals surface area (Å²) in [5, 5.41) is 3.16. The van der Waals surface area contributed by atoms with Gasteiger partial charge in [-0.1, -0.05) is 38.8 Å². The van der Waals surface area contributed by atoms with Gasteiger partial charge in [0.2, 0.25) is 0 Å². The molecule has 1 aromatic rings. The summed E-state index contributed by atoms with van der Waals surface area (Å²) in [4.78, 5) is 12.3. The van der Waals surface area contributed by atoms with Crippen molar-refractivity contribution in [2.75, 3.05) is 6.54 Å². The Morgan fingerprint density at radius 1 is 1.33 bits per heavy atom. The topological polar surface area (TPSA) is 55.1 Å². The van der Waals surface area contributed by atoms with E-state index in [-0.39, 0.29) is 5.91 Å². The van der Waals surface area contributed by atoms with E-state index >= 15 is 0 Å². The average Bonchev–Trinajstić information content (AvgIpc) is 2.93. The Morgan fingerprint density at radius 2 is 2.05 bits per heavy atom. The third-order valence-electron chi connectivity index (χ3n) is 4.55. The van der Waals surface area contributed by atoms with E-state index in [2.05, 4.69) is 19.2 Å². The summed E-state index contributed by atoms with van der Waals surface area (Å²) in [5.74, 6) is 0.709. The summed E-state index contributed by atoms with van der Waals surface area (Å²) < 4.78 is 0. The molecule has 1 aliphatic carbocycles. The largest absolute Gasteiger partial charge is 0.351 e. The second kappa shape index (κ2) is 7.08. The second-order valence-electron chi connectivity index (χ2n) is 6.89. The highest BCUT2D eigenvalue weighted by atomic mass is 16.1. The van der Waals surface area contributed by atoms with E-state index in [1.807, 2.05) is 24.3 Å². The van der Waals surface area contributed by atoms with E-state index in [0.29, 0.717) is 17.9 Å². The zero-order chi connectivity index (χ0) is 15.3. The molecule has 3 heteroatoms. The molecular formula is C18H28N2O. The van der Waals surface area contributed by atoms with Gasteiger partial charge in [0.1, 0.15) is 0 Å². The molecule has 3 nitrogen and oxygen atoms in total. The van der Waals surface area contributed by atoms with Crippen LogP contribution in [-0.4, -0.2) is 12.5 Å². The quantitative estimate of drug-likeness (QED) is 0.842. The SMILES string of the molecule is CC(C)CC1(CNC(=O)c2cccc(CN)c2)CCCC1. The summed E-state index contributed by atoms with van der Waals surface area (Å²) in [7, 11) is 0. The minimum Gasteiger partial charge on any atom is -0.351 e. The highest BCUT2D eigenvalue weighted by molar-refractivity contribution is 5.94. The van der Waals surface area contributed by atoms with Gasteiger partial charge >= 0.3 is 0 Å². The molecule has 1 saturated carbocycles. The maximum atomic E-state index is 12.3. The molecule has 1 aliphatic rings. The van der Waals surface area contributed by atoms with Crippen molar-refractivity contribution < 1.29 is 4.79 Å². The number of amides is 1. The summed E-state index contributed by atoms with van der Waals surface area (Å²) >= 11 is 0. The Hall–Kier alpha value is -1.35. The fraction of sp³-hybridized carbons (Fsp3) is 0.611. The minimum atomic E-state index is 0.0281. The van der Waals surface area contributed by atoms with Gasteiger partial charge < -0.3 is 11.1 Å². The number of nitrogens with two attached hydrogens (primary N) is 1. The highest BCUT2D eigenvalue weighted by Crippen LogP contribution is 2.42. The van der Waals surface area contributed by atoms with Crippen molar-refractivity contribution in [3.8, 4) is 0 Å². The van der Waals surface area contributed by atoms with Gasteiger partial charge in [0.05, 0.1) is 0 Å². The van der Waals surface area contributed by atoms with Gasteiger partial charge in [-0.3, -0.25) is 4.79 Å². The van der Waals surface area contributed by atoms with E-state index in [4.69, 9.17) is 5.73 Å². The third-order valence-corrected chi connectivity index (χ3v) is 4.55. The first-order chi connectivity index (χ1) is 10.0. The molecule has 0 atom stereocenters. The van der Waals surface area contributed by atoms with E-state index in [9.17, 15) is 4.79 Å². The fourth-order valence-corrected chi connectivity index (χ4v) is 3.65. The van der Waals surface area contributed by atoms with Gasteiger partial charge in [0.25, 0.3) is 5.91 Å². The Labute approximate surface area is 128 Å². The molecule has 116 valence electrons. The number of carbonyl (C=O) groups excluding carboxylic acids is 1. The van der Waals surface area contributed by atoms with Crippen LogP contribution in [-0.2, 0) is 6.54 Å². The van der Waals surface area contributed by atoms with Crippen molar-refractivity contribution in [3.05, 3.63) is 35.4 Å². The number of carbonyl (C=O) groups is 1. The lowest BCUT2D eigenvalue weighted by Crippen LogP contribution is -2.36. The molecule has 0 unspecified atom stereocenters. The molecule has 0 heterocycles. The summed E-state index contributed by atoms with van der Waals surface area (Å²) in [5.41, 5.74) is 7.67. The van der Waals surface area contributed by atoms with Gasteiger partial charge in [-0.15, -0.1) is 0 Å². The molecule has 1 amide bonds. The lowest BCUT2D eigenvalue weighted by atomic mass is 9.78. The first kappa shape index (κ1) is 16.0. The molecule has 3 N–H and O–H groups in total. The monoisotopic (exact) mass is 288 g/mol. The van der Waals surface area contributed by atoms with Crippen LogP contribution >= 0.6 is 0 Å². The Bertz CT molecular complexity index is 476. The van der Waals surface area contributed by atoms with Crippen molar-refractivity contribution in [1.29, 1.82) is 0 Å². The molecular weight excluding hydrogens is 260 g/mol. The first-order valence-electron chi connectivity index (χ1n) is 8.12. The van der Waals surface area contributed by atoms with Crippen molar-refractivity contribution in [1.82, 2.24) is 5.32 Å². The third kappa shape index (κ3) is 4.31. The van der Waals surface area contributed by atoms with E-state index in [1.165, 1.54) is 32.1 Å². The first-order valence-corrected chi connectivity index (χ1v) is 8.12. The standard InChI is InChI=1S/C18H28N2O/c1-14(2)11-18(8-3-4-9-18)13-20-17(21)16-7-5-6-15(10-16)12-19/h5-7,10,14H,3-4,8-9,11-13,19H2,1-2H3,(H,20,21). The van der Waals surface area contributed by atoms with Crippen LogP contribution in [0.4, 0.5) is 0 Å². The Balaban J connectivity index is 1.98. The van der Waals surface area contributed by atoms with Gasteiger partial charge in [0, 0.05) is 18.7 Å². The number of hydrogen-bond acceptors (Lipinski definition) is 2. The summed E-state index contributed by atoms with van der Waals surface area (Å²) in [6, 6.07) is 7.60. The number of nitrogens with one attached hydrogen (secondary N) is 1. The van der Waals surface area contributed by atoms with Gasteiger partial charge in [-0.05, 0) is 48.3 Å². The Kier molecular flexibility index (Phi) is 5.40. The van der Waals surface area contributed by atoms with Crippen molar-refractivity contribution in [2.24, 2.45) is 17.1 Å². The molecule has 1 aromatic carbocycles. The lowest BCUT2D eigenvalue weighted by molar-refractivity contribution is 0.0921. The van der Waals surface area contributed by atoms with Gasteiger partial charge in [-0.2, -0.15) is 0 Å². The molecule has 0 saturated heterocycles. The smallest absolute Gasteiger partial charge is 0.251 e. The van der Waals surface area contributed by atoms with Gasteiger partial charge in [-0.25, -0.2) is 0 Å². The van der Waals surface area contributed by atoms with Crippen LogP contribution < -0.4 is 11.1 Å². The molecule has 0 bridgehead atoms. The molecule has 0 radical (unpaired) electrons. The van der Waals surface area contributed by atoms with Crippen LogP contribution in [0.5, 0.6) is 0 Å². The molecule has 2 rings (SSSR count). The summed E-state index contributed by atoms with van der Waals surface area (Å²) in [6.45, 7) is 5.81. The van der Waals surface area contributed by atoms with Crippen LogP contribution in [0.2, 0.25) is 0 Å². The fourth-order valence-electron chi connectivity index (χ4n) is 3.65. The molecule has 0 aromatic heterocycles. The molecule has 21 heavy (non-hydrogen) atoms. The van der Waals surface area contributed by atoms with Crippen LogP contribution in [0.1, 0.15) is 61.9 Å². The number of hydrogen-bond donors (Lipinski definition) is 2. The second-order valence-corrected chi connectivity index (χ2v) is 6.89. The van der Waals surface area contributed by atoms with Crippen LogP contribution in [0.25, 0.3) is 0 Å². The Morgan fingerprint density at radius 3 is 2.67 bits per heavy atom. The lowest BCUT2D eigenvalue weighted by Gasteiger charge is -2.31. The van der Waals surface area contributed by atoms with E-state index in [1.54, 1.807) is 0 Å². The summed E-state index contributed by atoms with van der Waals surface area (Å²) in [6.07, 6.45) is 6.29. The average molecular weight is 288 g/mol. The zero-order valence-corrected chi connectivity index (χ0v) is 13.3.